The van der Waals surface area contributed by atoms with E-state index in [1.165, 1.54) is 58.3 Å². The van der Waals surface area contributed by atoms with Crippen LogP contribution in [-0.2, 0) is 0 Å². The zero-order chi connectivity index (χ0) is 15.3. The molecule has 2 heterocycles. The van der Waals surface area contributed by atoms with Crippen LogP contribution in [0.25, 0.3) is 0 Å². The molecule has 0 unspecified atom stereocenters. The van der Waals surface area contributed by atoms with Crippen LogP contribution in [-0.4, -0.2) is 67.1 Å². The molecule has 2 aliphatic rings. The molecule has 0 saturated carbocycles. The summed E-state index contributed by atoms with van der Waals surface area (Å²) >= 11 is 0. The Bertz CT molecular complexity index is 339. The van der Waals surface area contributed by atoms with Crippen LogP contribution < -0.4 is 11.1 Å². The lowest BCUT2D eigenvalue weighted by atomic mass is 9.84. The maximum Gasteiger partial charge on any atom is 0.188 e. The fourth-order valence-corrected chi connectivity index (χ4v) is 3.55. The molecule has 122 valence electrons. The molecule has 5 heteroatoms. The first-order chi connectivity index (χ1) is 10.0. The molecule has 0 aliphatic carbocycles. The van der Waals surface area contributed by atoms with Gasteiger partial charge in [0, 0.05) is 11.6 Å². The van der Waals surface area contributed by atoms with Crippen LogP contribution >= 0.6 is 0 Å². The van der Waals surface area contributed by atoms with Crippen LogP contribution in [0.15, 0.2) is 4.99 Å². The van der Waals surface area contributed by atoms with Crippen molar-refractivity contribution in [1.82, 2.24) is 15.1 Å². The largest absolute Gasteiger partial charge is 0.370 e. The number of piperidine rings is 2. The minimum Gasteiger partial charge on any atom is -0.370 e. The summed E-state index contributed by atoms with van der Waals surface area (Å²) in [7, 11) is 2.22. The van der Waals surface area contributed by atoms with E-state index in [9.17, 15) is 0 Å². The van der Waals surface area contributed by atoms with Gasteiger partial charge < -0.3 is 16.0 Å². The molecule has 0 spiro atoms. The van der Waals surface area contributed by atoms with Gasteiger partial charge >= 0.3 is 0 Å². The highest BCUT2D eigenvalue weighted by Crippen LogP contribution is 2.31. The smallest absolute Gasteiger partial charge is 0.188 e. The monoisotopic (exact) mass is 295 g/mol. The molecule has 0 atom stereocenters. The van der Waals surface area contributed by atoms with Gasteiger partial charge in [0.15, 0.2) is 5.96 Å². The third-order valence-corrected chi connectivity index (χ3v) is 4.92. The fraction of sp³-hybridized carbons (Fsp3) is 0.938. The standard InChI is InChI=1S/C16H33N5/c1-14(2)19-15(17)18-13-16(7-11-20(3)12-8-16)21-9-5-4-6-10-21/h14H,4-13H2,1-3H3,(H3,17,18,19). The Hall–Kier alpha value is -0.810. The van der Waals surface area contributed by atoms with Crippen molar-refractivity contribution < 1.29 is 0 Å². The molecule has 21 heavy (non-hydrogen) atoms. The molecule has 0 aromatic heterocycles. The van der Waals surface area contributed by atoms with E-state index in [0.717, 1.165) is 6.54 Å². The number of rotatable bonds is 4. The van der Waals surface area contributed by atoms with E-state index in [1.54, 1.807) is 0 Å². The lowest BCUT2D eigenvalue weighted by molar-refractivity contribution is 0.0208. The molecule has 5 nitrogen and oxygen atoms in total. The maximum absolute atomic E-state index is 6.02. The molecule has 2 saturated heterocycles. The van der Waals surface area contributed by atoms with E-state index < -0.39 is 0 Å². The Labute approximate surface area is 130 Å². The van der Waals surface area contributed by atoms with E-state index in [0.29, 0.717) is 12.0 Å². The molecule has 0 radical (unpaired) electrons. The molecule has 0 amide bonds. The lowest BCUT2D eigenvalue weighted by Crippen LogP contribution is -2.58. The Morgan fingerprint density at radius 1 is 1.14 bits per heavy atom. The highest BCUT2D eigenvalue weighted by atomic mass is 15.3. The van der Waals surface area contributed by atoms with Gasteiger partial charge in [-0.05, 0) is 72.8 Å². The average Bonchev–Trinajstić information content (AvgIpc) is 2.47. The van der Waals surface area contributed by atoms with Crippen molar-refractivity contribution >= 4 is 5.96 Å². The van der Waals surface area contributed by atoms with Gasteiger partial charge in [0.25, 0.3) is 0 Å². The molecule has 0 bridgehead atoms. The van der Waals surface area contributed by atoms with Crippen LogP contribution in [0, 0.1) is 0 Å². The van der Waals surface area contributed by atoms with E-state index in [-0.39, 0.29) is 5.54 Å². The summed E-state index contributed by atoms with van der Waals surface area (Å²) in [6.45, 7) is 9.84. The molecular weight excluding hydrogens is 262 g/mol. The number of aliphatic imine (C=N–C) groups is 1. The Morgan fingerprint density at radius 2 is 1.76 bits per heavy atom. The second-order valence-electron chi connectivity index (χ2n) is 7.08. The number of hydrogen-bond acceptors (Lipinski definition) is 3. The Balaban J connectivity index is 2.04. The van der Waals surface area contributed by atoms with Gasteiger partial charge in [0.05, 0.1) is 6.54 Å². The summed E-state index contributed by atoms with van der Waals surface area (Å²) in [6.07, 6.45) is 6.47. The Morgan fingerprint density at radius 3 is 2.33 bits per heavy atom. The lowest BCUT2D eigenvalue weighted by Gasteiger charge is -2.49. The van der Waals surface area contributed by atoms with Crippen LogP contribution in [0.1, 0.15) is 46.0 Å². The second-order valence-corrected chi connectivity index (χ2v) is 7.08. The Kier molecular flexibility index (Phi) is 5.88. The molecule has 0 aromatic rings. The summed E-state index contributed by atoms with van der Waals surface area (Å²) in [6, 6.07) is 0.345. The number of likely N-dealkylation sites (tertiary alicyclic amines) is 2. The third kappa shape index (κ3) is 4.58. The van der Waals surface area contributed by atoms with Gasteiger partial charge in [-0.1, -0.05) is 6.42 Å². The van der Waals surface area contributed by atoms with E-state index in [1.807, 2.05) is 0 Å². The van der Waals surface area contributed by atoms with Gasteiger partial charge in [-0.3, -0.25) is 9.89 Å². The highest BCUT2D eigenvalue weighted by Gasteiger charge is 2.39. The fourth-order valence-electron chi connectivity index (χ4n) is 3.55. The van der Waals surface area contributed by atoms with Gasteiger partial charge in [0.2, 0.25) is 0 Å². The van der Waals surface area contributed by atoms with E-state index in [2.05, 4.69) is 41.0 Å². The zero-order valence-electron chi connectivity index (χ0n) is 14.1. The molecule has 0 aromatic carbocycles. The van der Waals surface area contributed by atoms with Crippen molar-refractivity contribution in [3.8, 4) is 0 Å². The maximum atomic E-state index is 6.02. The normalized spacial score (nSPS) is 25.2. The number of nitrogens with one attached hydrogen (secondary N) is 1. The van der Waals surface area contributed by atoms with Gasteiger partial charge in [-0.15, -0.1) is 0 Å². The molecular formula is C16H33N5. The molecule has 3 N–H and O–H groups in total. The van der Waals surface area contributed by atoms with Crippen molar-refractivity contribution in [3.05, 3.63) is 0 Å². The average molecular weight is 295 g/mol. The van der Waals surface area contributed by atoms with Crippen molar-refractivity contribution in [2.75, 3.05) is 39.8 Å². The number of nitrogens with zero attached hydrogens (tertiary/aromatic N) is 3. The zero-order valence-corrected chi connectivity index (χ0v) is 14.1. The molecule has 2 aliphatic heterocycles. The van der Waals surface area contributed by atoms with Gasteiger partial charge in [-0.2, -0.15) is 0 Å². The van der Waals surface area contributed by atoms with E-state index in [4.69, 9.17) is 5.73 Å². The van der Waals surface area contributed by atoms with Crippen molar-refractivity contribution in [2.24, 2.45) is 10.7 Å². The van der Waals surface area contributed by atoms with Crippen LogP contribution in [0.2, 0.25) is 0 Å². The second kappa shape index (κ2) is 7.45. The minimum atomic E-state index is 0.232. The predicted octanol–water partition coefficient (Wildman–Crippen LogP) is 1.25. The number of guanidine groups is 1. The highest BCUT2D eigenvalue weighted by molar-refractivity contribution is 5.78. The topological polar surface area (TPSA) is 56.9 Å². The summed E-state index contributed by atoms with van der Waals surface area (Å²) < 4.78 is 0. The van der Waals surface area contributed by atoms with Crippen molar-refractivity contribution in [3.63, 3.8) is 0 Å². The third-order valence-electron chi connectivity index (χ3n) is 4.92. The van der Waals surface area contributed by atoms with Crippen LogP contribution in [0.5, 0.6) is 0 Å². The first-order valence-electron chi connectivity index (χ1n) is 8.52. The van der Waals surface area contributed by atoms with Gasteiger partial charge in [-0.25, -0.2) is 0 Å². The quantitative estimate of drug-likeness (QED) is 0.605. The summed E-state index contributed by atoms with van der Waals surface area (Å²) in [5.41, 5.74) is 6.25. The SMILES string of the molecule is CC(C)NC(N)=NCC1(N2CCCCC2)CCN(C)CC1. The van der Waals surface area contributed by atoms with Crippen molar-refractivity contribution in [1.29, 1.82) is 0 Å². The molecule has 2 rings (SSSR count). The summed E-state index contributed by atoms with van der Waals surface area (Å²) in [5.74, 6) is 0.598. The van der Waals surface area contributed by atoms with Crippen molar-refractivity contribution in [2.45, 2.75) is 57.5 Å². The van der Waals surface area contributed by atoms with E-state index >= 15 is 0 Å². The van der Waals surface area contributed by atoms with Crippen LogP contribution in [0.3, 0.4) is 0 Å². The first kappa shape index (κ1) is 16.6. The summed E-state index contributed by atoms with van der Waals surface area (Å²) in [4.78, 5) is 9.82. The predicted molar refractivity (Wildman–Crippen MR) is 89.6 cm³/mol. The molecule has 2 fully saturated rings. The number of hydrogen-bond donors (Lipinski definition) is 2. The summed E-state index contributed by atoms with van der Waals surface area (Å²) in [5, 5.41) is 3.21. The number of nitrogens with two attached hydrogens (primary N) is 1. The first-order valence-corrected chi connectivity index (χ1v) is 8.52. The van der Waals surface area contributed by atoms with Gasteiger partial charge in [0.1, 0.15) is 0 Å². The van der Waals surface area contributed by atoms with Crippen LogP contribution in [0.4, 0.5) is 0 Å². The minimum absolute atomic E-state index is 0.232.